The molecule has 0 unspecified atom stereocenters. The highest BCUT2D eigenvalue weighted by atomic mass is 32.1. The second kappa shape index (κ2) is 18.3. The molecule has 0 saturated heterocycles. The predicted molar refractivity (Wildman–Crippen MR) is 337 cm³/mol. The first-order chi connectivity index (χ1) is 38.7. The van der Waals surface area contributed by atoms with Gasteiger partial charge >= 0.3 is 0 Å². The molecule has 0 bridgehead atoms. The molecule has 0 aliphatic heterocycles. The van der Waals surface area contributed by atoms with Gasteiger partial charge in [-0.1, -0.05) is 133 Å². The Bertz CT molecular complexity index is 3890. The number of hydrogen-bond donors (Lipinski definition) is 0. The van der Waals surface area contributed by atoms with Gasteiger partial charge in [-0.25, -0.2) is 15.0 Å². The molecule has 0 N–H and O–H groups in total. The zero-order chi connectivity index (χ0) is 53.4. The molecule has 3 heterocycles. The maximum absolute atomic E-state index is 5.14. The van der Waals surface area contributed by atoms with E-state index in [2.05, 4.69) is 228 Å². The summed E-state index contributed by atoms with van der Waals surface area (Å²) < 4.78 is 3.67. The summed E-state index contributed by atoms with van der Waals surface area (Å²) in [5.41, 5.74) is 26.4. The molecule has 0 fully saturated rings. The van der Waals surface area contributed by atoms with Gasteiger partial charge in [0.15, 0.2) is 0 Å². The zero-order valence-corrected chi connectivity index (χ0v) is 48.0. The number of nitrogens with zero attached hydrogens (tertiary/aromatic N) is 4. The molecule has 386 valence electrons. The van der Waals surface area contributed by atoms with Gasteiger partial charge in [0.25, 0.3) is 0 Å². The Balaban J connectivity index is 0.895. The highest BCUT2D eigenvalue weighted by Gasteiger charge is 2.45. The number of thiazole rings is 3. The van der Waals surface area contributed by atoms with Gasteiger partial charge < -0.3 is 4.90 Å². The summed E-state index contributed by atoms with van der Waals surface area (Å²) in [6, 6.07) is 69.3. The van der Waals surface area contributed by atoms with Crippen molar-refractivity contribution >= 4 is 81.7 Å². The quantitative estimate of drug-likeness (QED) is 0.122. The SMILES string of the molecule is CCC1(CC)c2cc(-c3nc4ccccc4s3)ccc2-c2ccc(N(c3ccc4c(c3)C(CC)(CC)c3cc(-c5nc6ccccc6s5)ccc3-4)c3ccc4c(c3)C(CC)(CC)c3cc(-c5nc6ccccc6s5)ccc3-4)cc21. The van der Waals surface area contributed by atoms with E-state index in [4.69, 9.17) is 15.0 Å². The number of hydrogen-bond acceptors (Lipinski definition) is 7. The smallest absolute Gasteiger partial charge is 0.124 e. The van der Waals surface area contributed by atoms with Crippen LogP contribution >= 0.6 is 34.0 Å². The number of rotatable bonds is 12. The molecule has 9 aromatic carbocycles. The second-order valence-corrected chi connectivity index (χ2v) is 25.2. The Morgan fingerprint density at radius 2 is 0.557 bits per heavy atom. The number of aromatic nitrogens is 3. The van der Waals surface area contributed by atoms with Crippen molar-refractivity contribution in [1.29, 1.82) is 0 Å². The third-order valence-electron chi connectivity index (χ3n) is 19.1. The topological polar surface area (TPSA) is 41.9 Å². The van der Waals surface area contributed by atoms with Gasteiger partial charge in [0, 0.05) is 50.0 Å². The Morgan fingerprint density at radius 1 is 0.304 bits per heavy atom. The summed E-state index contributed by atoms with van der Waals surface area (Å²) in [5, 5.41) is 3.24. The predicted octanol–water partition coefficient (Wildman–Crippen LogP) is 21.2. The Labute approximate surface area is 475 Å². The van der Waals surface area contributed by atoms with Crippen molar-refractivity contribution in [2.75, 3.05) is 4.90 Å². The van der Waals surface area contributed by atoms with Gasteiger partial charge in [0.05, 0.1) is 30.6 Å². The minimum absolute atomic E-state index is 0.167. The average Bonchev–Trinajstić information content (AvgIpc) is 4.48. The Hall–Kier alpha value is -7.55. The first-order valence-electron chi connectivity index (χ1n) is 28.5. The second-order valence-electron chi connectivity index (χ2n) is 22.1. The fourth-order valence-corrected chi connectivity index (χ4v) is 17.6. The molecule has 4 nitrogen and oxygen atoms in total. The number of para-hydroxylation sites is 3. The summed E-state index contributed by atoms with van der Waals surface area (Å²) in [6.07, 6.45) is 5.96. The minimum atomic E-state index is -0.167. The lowest BCUT2D eigenvalue weighted by molar-refractivity contribution is 0.490. The van der Waals surface area contributed by atoms with Crippen LogP contribution in [0, 0.1) is 0 Å². The van der Waals surface area contributed by atoms with Crippen LogP contribution in [0.5, 0.6) is 0 Å². The molecule has 7 heteroatoms. The Morgan fingerprint density at radius 3 is 0.823 bits per heavy atom. The van der Waals surface area contributed by atoms with Crippen LogP contribution in [0.4, 0.5) is 17.1 Å². The summed E-state index contributed by atoms with van der Waals surface area (Å²) >= 11 is 5.37. The third kappa shape index (κ3) is 6.98. The minimum Gasteiger partial charge on any atom is -0.310 e. The van der Waals surface area contributed by atoms with Gasteiger partial charge in [-0.15, -0.1) is 34.0 Å². The van der Waals surface area contributed by atoms with Crippen molar-refractivity contribution in [3.8, 4) is 65.1 Å². The summed E-state index contributed by atoms with van der Waals surface area (Å²) in [5.74, 6) is 0. The molecule has 0 saturated carbocycles. The zero-order valence-electron chi connectivity index (χ0n) is 45.6. The van der Waals surface area contributed by atoms with Gasteiger partial charge in [-0.05, 0) is 196 Å². The lowest BCUT2D eigenvalue weighted by Gasteiger charge is -2.34. The van der Waals surface area contributed by atoms with E-state index < -0.39 is 0 Å². The lowest BCUT2D eigenvalue weighted by Crippen LogP contribution is -2.25. The van der Waals surface area contributed by atoms with Crippen molar-refractivity contribution in [2.24, 2.45) is 0 Å². The maximum atomic E-state index is 5.14. The molecule has 0 atom stereocenters. The Kier molecular flexibility index (Phi) is 11.2. The maximum Gasteiger partial charge on any atom is 0.124 e. The van der Waals surface area contributed by atoms with Crippen LogP contribution in [-0.4, -0.2) is 15.0 Å². The normalized spacial score (nSPS) is 14.8. The first-order valence-corrected chi connectivity index (χ1v) is 31.0. The summed E-state index contributed by atoms with van der Waals surface area (Å²) in [6.45, 7) is 14.3. The molecular weight excluding hydrogens is 1020 g/mol. The van der Waals surface area contributed by atoms with Crippen LogP contribution in [0.2, 0.25) is 0 Å². The average molecular weight is 1080 g/mol. The van der Waals surface area contributed by atoms with Crippen LogP contribution in [0.25, 0.3) is 95.7 Å². The van der Waals surface area contributed by atoms with Gasteiger partial charge in [0.2, 0.25) is 0 Å². The largest absolute Gasteiger partial charge is 0.310 e. The van der Waals surface area contributed by atoms with Crippen LogP contribution in [-0.2, 0) is 16.2 Å². The van der Waals surface area contributed by atoms with Gasteiger partial charge in [-0.2, -0.15) is 0 Å². The van der Waals surface area contributed by atoms with Crippen molar-refractivity contribution in [3.63, 3.8) is 0 Å². The molecule has 3 aromatic heterocycles. The van der Waals surface area contributed by atoms with E-state index in [-0.39, 0.29) is 16.2 Å². The van der Waals surface area contributed by atoms with E-state index in [0.29, 0.717) is 0 Å². The molecule has 79 heavy (non-hydrogen) atoms. The third-order valence-corrected chi connectivity index (χ3v) is 22.3. The van der Waals surface area contributed by atoms with Crippen molar-refractivity contribution in [2.45, 2.75) is 96.3 Å². The standard InChI is InChI=1S/C72H60N4S3/c1-7-70(8-2)55-37-43(67-73-61-19-13-16-22-64(61)77-67)25-31-49(55)52-34-28-46(40-58(52)70)76(47-29-35-53-50-32-26-44(68-74-62-20-14-17-23-65(62)78-68)38-56(50)71(9-3,10-4)59(53)41-47)48-30-36-54-51-33-27-45(69-75-63-21-15-18-24-66(63)79-69)39-57(51)72(11-5,12-6)60(54)42-48/h13-42H,7-12H2,1-6H3. The van der Waals surface area contributed by atoms with Gasteiger partial charge in [0.1, 0.15) is 15.0 Å². The first kappa shape index (κ1) is 48.6. The van der Waals surface area contributed by atoms with E-state index in [9.17, 15) is 0 Å². The van der Waals surface area contributed by atoms with Crippen LogP contribution in [0.15, 0.2) is 182 Å². The summed E-state index contributed by atoms with van der Waals surface area (Å²) in [4.78, 5) is 18.0. The fraction of sp³-hybridized carbons (Fsp3) is 0.208. The number of benzene rings is 9. The van der Waals surface area contributed by atoms with E-state index in [1.54, 1.807) is 34.0 Å². The molecule has 15 rings (SSSR count). The highest BCUT2D eigenvalue weighted by Crippen LogP contribution is 2.60. The monoisotopic (exact) mass is 1080 g/mol. The van der Waals surface area contributed by atoms with Crippen LogP contribution in [0.3, 0.4) is 0 Å². The van der Waals surface area contributed by atoms with E-state index >= 15 is 0 Å². The van der Waals surface area contributed by atoms with Gasteiger partial charge in [-0.3, -0.25) is 0 Å². The van der Waals surface area contributed by atoms with E-state index in [1.165, 1.54) is 115 Å². The number of fused-ring (bicyclic) bond motifs is 12. The summed E-state index contributed by atoms with van der Waals surface area (Å²) in [7, 11) is 0. The van der Waals surface area contributed by atoms with Crippen molar-refractivity contribution < 1.29 is 0 Å². The van der Waals surface area contributed by atoms with Crippen molar-refractivity contribution in [1.82, 2.24) is 15.0 Å². The molecule has 3 aliphatic rings. The van der Waals surface area contributed by atoms with Crippen molar-refractivity contribution in [3.05, 3.63) is 215 Å². The van der Waals surface area contributed by atoms with Crippen LogP contribution in [0.1, 0.15) is 113 Å². The molecule has 0 radical (unpaired) electrons. The molecule has 12 aromatic rings. The molecular formula is C72H60N4S3. The molecule has 3 aliphatic carbocycles. The number of anilines is 3. The highest BCUT2D eigenvalue weighted by molar-refractivity contribution is 7.22. The lowest BCUT2D eigenvalue weighted by atomic mass is 9.73. The van der Waals surface area contributed by atoms with E-state index in [1.807, 2.05) is 0 Å². The van der Waals surface area contributed by atoms with E-state index in [0.717, 1.165) is 70.1 Å². The molecule has 0 amide bonds. The molecule has 0 spiro atoms. The fourth-order valence-electron chi connectivity index (χ4n) is 14.7. The van der Waals surface area contributed by atoms with Crippen LogP contribution < -0.4 is 4.90 Å².